The van der Waals surface area contributed by atoms with E-state index < -0.39 is 10.0 Å². The third kappa shape index (κ3) is 3.51. The Morgan fingerprint density at radius 1 is 1.19 bits per heavy atom. The number of sulfonamides is 1. The van der Waals surface area contributed by atoms with E-state index in [9.17, 15) is 13.2 Å². The standard InChI is InChI=1S/C14H11N3O3S/c15-9-12-14(7-4-8-16-12)21(19,20)17-10-13(18)11-5-2-1-3-6-11/h1-8,17H,10H2. The van der Waals surface area contributed by atoms with Gasteiger partial charge >= 0.3 is 0 Å². The highest BCUT2D eigenvalue weighted by Gasteiger charge is 2.20. The number of carbonyl (C=O) groups is 1. The maximum absolute atomic E-state index is 12.1. The highest BCUT2D eigenvalue weighted by molar-refractivity contribution is 7.89. The molecule has 1 aromatic carbocycles. The molecule has 0 fully saturated rings. The molecule has 1 aromatic heterocycles. The molecule has 0 radical (unpaired) electrons. The zero-order valence-corrected chi connectivity index (χ0v) is 11.7. The summed E-state index contributed by atoms with van der Waals surface area (Å²) in [7, 11) is -3.96. The van der Waals surface area contributed by atoms with Gasteiger partial charge in [-0.1, -0.05) is 30.3 Å². The first-order valence-electron chi connectivity index (χ1n) is 5.97. The Hall–Kier alpha value is -2.56. The third-order valence-corrected chi connectivity index (χ3v) is 4.12. The first kappa shape index (κ1) is 14.8. The van der Waals surface area contributed by atoms with Gasteiger partial charge < -0.3 is 0 Å². The van der Waals surface area contributed by atoms with Gasteiger partial charge in [0.1, 0.15) is 11.0 Å². The fraction of sp³-hybridized carbons (Fsp3) is 0.0714. The van der Waals surface area contributed by atoms with E-state index in [0.717, 1.165) is 0 Å². The number of hydrogen-bond acceptors (Lipinski definition) is 5. The quantitative estimate of drug-likeness (QED) is 0.834. The monoisotopic (exact) mass is 301 g/mol. The fourth-order valence-electron chi connectivity index (χ4n) is 1.66. The smallest absolute Gasteiger partial charge is 0.243 e. The summed E-state index contributed by atoms with van der Waals surface area (Å²) >= 11 is 0. The van der Waals surface area contributed by atoms with Crippen molar-refractivity contribution >= 4 is 15.8 Å². The number of nitrogens with zero attached hydrogens (tertiary/aromatic N) is 2. The summed E-state index contributed by atoms with van der Waals surface area (Å²) in [5, 5.41) is 8.87. The predicted molar refractivity (Wildman–Crippen MR) is 74.9 cm³/mol. The molecule has 0 spiro atoms. The van der Waals surface area contributed by atoms with Crippen molar-refractivity contribution in [3.8, 4) is 6.07 Å². The molecular formula is C14H11N3O3S. The van der Waals surface area contributed by atoms with Gasteiger partial charge in [-0.25, -0.2) is 18.1 Å². The van der Waals surface area contributed by atoms with E-state index in [0.29, 0.717) is 5.56 Å². The zero-order valence-electron chi connectivity index (χ0n) is 10.9. The summed E-state index contributed by atoms with van der Waals surface area (Å²) in [6, 6.07) is 12.7. The van der Waals surface area contributed by atoms with Crippen LogP contribution in [0.15, 0.2) is 53.6 Å². The van der Waals surface area contributed by atoms with Crippen LogP contribution in [0.2, 0.25) is 0 Å². The normalized spacial score (nSPS) is 10.8. The van der Waals surface area contributed by atoms with Crippen LogP contribution in [-0.2, 0) is 10.0 Å². The lowest BCUT2D eigenvalue weighted by atomic mass is 10.1. The molecule has 6 nitrogen and oxygen atoms in total. The maximum Gasteiger partial charge on any atom is 0.243 e. The summed E-state index contributed by atoms with van der Waals surface area (Å²) in [5.41, 5.74) is 0.198. The molecule has 0 atom stereocenters. The van der Waals surface area contributed by atoms with E-state index in [1.165, 1.54) is 18.3 Å². The van der Waals surface area contributed by atoms with Crippen LogP contribution in [0, 0.1) is 11.3 Å². The van der Waals surface area contributed by atoms with E-state index in [1.54, 1.807) is 36.4 Å². The van der Waals surface area contributed by atoms with Crippen LogP contribution in [0.3, 0.4) is 0 Å². The van der Waals surface area contributed by atoms with Gasteiger partial charge in [-0.3, -0.25) is 4.79 Å². The zero-order chi connectivity index (χ0) is 15.3. The number of hydrogen-bond donors (Lipinski definition) is 1. The Kier molecular flexibility index (Phi) is 4.42. The summed E-state index contributed by atoms with van der Waals surface area (Å²) < 4.78 is 26.4. The molecule has 2 rings (SSSR count). The second-order valence-electron chi connectivity index (χ2n) is 4.08. The molecular weight excluding hydrogens is 290 g/mol. The number of carbonyl (C=O) groups excluding carboxylic acids is 1. The second-order valence-corrected chi connectivity index (χ2v) is 5.81. The number of benzene rings is 1. The molecule has 21 heavy (non-hydrogen) atoms. The van der Waals surface area contributed by atoms with Gasteiger partial charge in [0.15, 0.2) is 11.5 Å². The molecule has 0 saturated carbocycles. The molecule has 0 aliphatic rings. The van der Waals surface area contributed by atoms with Gasteiger partial charge in [0.25, 0.3) is 0 Å². The van der Waals surface area contributed by atoms with Gasteiger partial charge in [0, 0.05) is 11.8 Å². The van der Waals surface area contributed by atoms with Crippen LogP contribution in [0.5, 0.6) is 0 Å². The molecule has 1 N–H and O–H groups in total. The Bertz CT molecular complexity index is 796. The minimum Gasteiger partial charge on any atom is -0.293 e. The number of rotatable bonds is 5. The number of aromatic nitrogens is 1. The van der Waals surface area contributed by atoms with Crippen molar-refractivity contribution in [2.45, 2.75) is 4.90 Å². The van der Waals surface area contributed by atoms with Crippen molar-refractivity contribution in [3.05, 3.63) is 59.9 Å². The van der Waals surface area contributed by atoms with E-state index >= 15 is 0 Å². The van der Waals surface area contributed by atoms with Crippen LogP contribution < -0.4 is 4.72 Å². The first-order chi connectivity index (χ1) is 10.0. The number of nitriles is 1. The fourth-order valence-corrected chi connectivity index (χ4v) is 2.74. The van der Waals surface area contributed by atoms with Crippen LogP contribution >= 0.6 is 0 Å². The number of Topliss-reactive ketones (excluding diaryl/α,β-unsaturated/α-hetero) is 1. The molecule has 7 heteroatoms. The highest BCUT2D eigenvalue weighted by atomic mass is 32.2. The lowest BCUT2D eigenvalue weighted by Crippen LogP contribution is -2.30. The molecule has 0 aliphatic carbocycles. The van der Waals surface area contributed by atoms with Crippen LogP contribution in [-0.4, -0.2) is 25.7 Å². The molecule has 0 bridgehead atoms. The van der Waals surface area contributed by atoms with Crippen molar-refractivity contribution in [2.24, 2.45) is 0 Å². The van der Waals surface area contributed by atoms with Crippen LogP contribution in [0.1, 0.15) is 16.1 Å². The summed E-state index contributed by atoms with van der Waals surface area (Å²) in [6.07, 6.45) is 1.33. The summed E-state index contributed by atoms with van der Waals surface area (Å²) in [5.74, 6) is -0.360. The van der Waals surface area contributed by atoms with Gasteiger partial charge in [-0.05, 0) is 12.1 Å². The van der Waals surface area contributed by atoms with E-state index in [1.807, 2.05) is 0 Å². The highest BCUT2D eigenvalue weighted by Crippen LogP contribution is 2.11. The predicted octanol–water partition coefficient (Wildman–Crippen LogP) is 1.11. The Balaban J connectivity index is 2.16. The maximum atomic E-state index is 12.1. The van der Waals surface area contributed by atoms with Crippen LogP contribution in [0.25, 0.3) is 0 Å². The van der Waals surface area contributed by atoms with Crippen molar-refractivity contribution in [1.29, 1.82) is 5.26 Å². The first-order valence-corrected chi connectivity index (χ1v) is 7.46. The molecule has 0 aliphatic heterocycles. The van der Waals surface area contributed by atoms with Crippen molar-refractivity contribution < 1.29 is 13.2 Å². The van der Waals surface area contributed by atoms with Gasteiger partial charge in [0.05, 0.1) is 6.54 Å². The second kappa shape index (κ2) is 6.26. The van der Waals surface area contributed by atoms with E-state index in [4.69, 9.17) is 5.26 Å². The minimum absolute atomic E-state index is 0.211. The molecule has 0 amide bonds. The van der Waals surface area contributed by atoms with Crippen molar-refractivity contribution in [2.75, 3.05) is 6.54 Å². The third-order valence-electron chi connectivity index (χ3n) is 2.68. The number of nitrogens with one attached hydrogen (secondary N) is 1. The lowest BCUT2D eigenvalue weighted by molar-refractivity contribution is 0.0997. The molecule has 2 aromatic rings. The van der Waals surface area contributed by atoms with Crippen LogP contribution in [0.4, 0.5) is 0 Å². The lowest BCUT2D eigenvalue weighted by Gasteiger charge is -2.07. The van der Waals surface area contributed by atoms with Gasteiger partial charge in [0.2, 0.25) is 10.0 Å². The SMILES string of the molecule is N#Cc1ncccc1S(=O)(=O)NCC(=O)c1ccccc1. The number of pyridine rings is 1. The van der Waals surface area contributed by atoms with E-state index in [-0.39, 0.29) is 22.9 Å². The van der Waals surface area contributed by atoms with Crippen molar-refractivity contribution in [1.82, 2.24) is 9.71 Å². The van der Waals surface area contributed by atoms with E-state index in [2.05, 4.69) is 9.71 Å². The topological polar surface area (TPSA) is 99.9 Å². The Labute approximate surface area is 122 Å². The van der Waals surface area contributed by atoms with Gasteiger partial charge in [-0.15, -0.1) is 0 Å². The molecule has 106 valence electrons. The molecule has 0 saturated heterocycles. The molecule has 0 unspecified atom stereocenters. The average molecular weight is 301 g/mol. The number of ketones is 1. The average Bonchev–Trinajstić information content (AvgIpc) is 2.53. The minimum atomic E-state index is -3.96. The largest absolute Gasteiger partial charge is 0.293 e. The Morgan fingerprint density at radius 2 is 1.90 bits per heavy atom. The summed E-state index contributed by atoms with van der Waals surface area (Å²) in [6.45, 7) is -0.383. The van der Waals surface area contributed by atoms with Gasteiger partial charge in [-0.2, -0.15) is 5.26 Å². The van der Waals surface area contributed by atoms with Crippen molar-refractivity contribution in [3.63, 3.8) is 0 Å². The Morgan fingerprint density at radius 3 is 2.57 bits per heavy atom. The summed E-state index contributed by atoms with van der Waals surface area (Å²) in [4.78, 5) is 15.3. The molecule has 1 heterocycles.